The van der Waals surface area contributed by atoms with Crippen molar-refractivity contribution in [1.82, 2.24) is 5.32 Å². The molecule has 0 atom stereocenters. The van der Waals surface area contributed by atoms with E-state index in [4.69, 9.17) is 33.2 Å². The summed E-state index contributed by atoms with van der Waals surface area (Å²) >= 11 is 0. The highest BCUT2D eigenvalue weighted by molar-refractivity contribution is 5.67. The van der Waals surface area contributed by atoms with Crippen molar-refractivity contribution < 1.29 is 38.0 Å². The number of rotatable bonds is 11. The van der Waals surface area contributed by atoms with Gasteiger partial charge in [0.1, 0.15) is 6.61 Å². The van der Waals surface area contributed by atoms with Crippen molar-refractivity contribution in [3.05, 3.63) is 35.9 Å². The Morgan fingerprint density at radius 2 is 1.35 bits per heavy atom. The lowest BCUT2D eigenvalue weighted by Crippen LogP contribution is -2.44. The minimum Gasteiger partial charge on any atom is -0.445 e. The monoisotopic (exact) mass is 481 g/mol. The number of alkyl carbamates (subject to hydrolysis) is 1. The summed E-state index contributed by atoms with van der Waals surface area (Å²) in [5.41, 5.74) is 0.919. The van der Waals surface area contributed by atoms with E-state index in [-0.39, 0.29) is 37.7 Å². The van der Waals surface area contributed by atoms with E-state index in [1.54, 1.807) is 0 Å². The maximum atomic E-state index is 12.4. The first-order valence-electron chi connectivity index (χ1n) is 11.9. The Kier molecular flexibility index (Phi) is 10.1. The van der Waals surface area contributed by atoms with Gasteiger partial charge in [0.25, 0.3) is 0 Å². The Labute approximate surface area is 202 Å². The lowest BCUT2D eigenvalue weighted by Gasteiger charge is -2.35. The Balaban J connectivity index is 1.41. The predicted octanol–water partition coefficient (Wildman–Crippen LogP) is 3.11. The molecule has 1 N–H and O–H groups in total. The van der Waals surface area contributed by atoms with Crippen LogP contribution in [0.3, 0.4) is 0 Å². The van der Waals surface area contributed by atoms with Gasteiger partial charge in [-0.25, -0.2) is 4.79 Å². The van der Waals surface area contributed by atoms with Crippen molar-refractivity contribution in [1.29, 1.82) is 0 Å². The van der Waals surface area contributed by atoms with Gasteiger partial charge in [-0.2, -0.15) is 0 Å². The first-order chi connectivity index (χ1) is 16.2. The van der Waals surface area contributed by atoms with Crippen LogP contribution in [-0.4, -0.2) is 76.6 Å². The normalized spacial score (nSPS) is 20.9. The number of carbonyl (C=O) groups excluding carboxylic acids is 1. The molecule has 1 aromatic carbocycles. The summed E-state index contributed by atoms with van der Waals surface area (Å²) in [6.07, 6.45) is -0.516. The zero-order chi connectivity index (χ0) is 24.4. The molecule has 0 spiro atoms. The lowest BCUT2D eigenvalue weighted by atomic mass is 10.1. The van der Waals surface area contributed by atoms with Crippen LogP contribution >= 0.6 is 0 Å². The summed E-state index contributed by atoms with van der Waals surface area (Å²) in [6, 6.07) is 9.17. The third kappa shape index (κ3) is 9.85. The van der Waals surface area contributed by atoms with Gasteiger partial charge in [-0.05, 0) is 33.3 Å². The average molecular weight is 482 g/mol. The molecule has 0 unspecified atom stereocenters. The highest BCUT2D eigenvalue weighted by Crippen LogP contribution is 2.21. The molecule has 0 radical (unpaired) electrons. The smallest absolute Gasteiger partial charge is 0.407 e. The van der Waals surface area contributed by atoms with E-state index in [2.05, 4.69) is 5.32 Å². The fourth-order valence-corrected chi connectivity index (χ4v) is 3.46. The largest absolute Gasteiger partial charge is 0.445 e. The van der Waals surface area contributed by atoms with Gasteiger partial charge in [-0.3, -0.25) is 0 Å². The Morgan fingerprint density at radius 1 is 0.882 bits per heavy atom. The average Bonchev–Trinajstić information content (AvgIpc) is 2.80. The van der Waals surface area contributed by atoms with Crippen LogP contribution < -0.4 is 5.32 Å². The maximum Gasteiger partial charge on any atom is 0.407 e. The van der Waals surface area contributed by atoms with Gasteiger partial charge in [0.15, 0.2) is 11.6 Å². The summed E-state index contributed by atoms with van der Waals surface area (Å²) < 4.78 is 39.8. The molecule has 2 heterocycles. The zero-order valence-electron chi connectivity index (χ0n) is 20.7. The molecular weight excluding hydrogens is 442 g/mol. The van der Waals surface area contributed by atoms with Gasteiger partial charge in [-0.1, -0.05) is 30.3 Å². The summed E-state index contributed by atoms with van der Waals surface area (Å²) in [5.74, 6) is -0.837. The standard InChI is InChI=1S/C25H39NO8/c1-24(2)31-13-20(14-32-24)10-28-17-22(18-29-11-21-15-33-25(3,4)34-16-21)26-23(27)30-12-19-8-6-5-7-9-19/h5-9,20-22H,10-18H2,1-4H3,(H,26,27). The fourth-order valence-electron chi connectivity index (χ4n) is 3.46. The quantitative estimate of drug-likeness (QED) is 0.515. The van der Waals surface area contributed by atoms with E-state index in [1.807, 2.05) is 58.0 Å². The summed E-state index contributed by atoms with van der Waals surface area (Å²) in [7, 11) is 0. The van der Waals surface area contributed by atoms with Crippen LogP contribution in [0.1, 0.15) is 33.3 Å². The molecule has 192 valence electrons. The number of ether oxygens (including phenoxy) is 7. The van der Waals surface area contributed by atoms with Gasteiger partial charge >= 0.3 is 6.09 Å². The molecule has 0 saturated carbocycles. The number of benzene rings is 1. The number of carbonyl (C=O) groups is 1. The number of amides is 1. The Morgan fingerprint density at radius 3 is 1.82 bits per heavy atom. The minimum absolute atomic E-state index is 0.138. The van der Waals surface area contributed by atoms with Crippen molar-refractivity contribution in [2.24, 2.45) is 11.8 Å². The van der Waals surface area contributed by atoms with Crippen molar-refractivity contribution in [2.75, 3.05) is 52.9 Å². The molecule has 9 heteroatoms. The van der Waals surface area contributed by atoms with Crippen molar-refractivity contribution in [3.8, 4) is 0 Å². The van der Waals surface area contributed by atoms with Gasteiger partial charge in [-0.15, -0.1) is 0 Å². The molecule has 1 amide bonds. The number of hydrogen-bond acceptors (Lipinski definition) is 8. The molecule has 0 aliphatic carbocycles. The maximum absolute atomic E-state index is 12.4. The first-order valence-corrected chi connectivity index (χ1v) is 11.9. The molecule has 2 saturated heterocycles. The van der Waals surface area contributed by atoms with Gasteiger partial charge in [0, 0.05) is 11.8 Å². The van der Waals surface area contributed by atoms with E-state index in [0.717, 1.165) is 5.56 Å². The van der Waals surface area contributed by atoms with E-state index in [1.165, 1.54) is 0 Å². The molecule has 2 fully saturated rings. The highest BCUT2D eigenvalue weighted by atomic mass is 16.7. The third-order valence-electron chi connectivity index (χ3n) is 5.55. The van der Waals surface area contributed by atoms with Crippen molar-refractivity contribution in [3.63, 3.8) is 0 Å². The topological polar surface area (TPSA) is 93.7 Å². The Hall–Kier alpha value is -1.75. The first kappa shape index (κ1) is 26.8. The van der Waals surface area contributed by atoms with Crippen LogP contribution in [0.15, 0.2) is 30.3 Å². The third-order valence-corrected chi connectivity index (χ3v) is 5.55. The summed E-state index contributed by atoms with van der Waals surface area (Å²) in [6.45, 7) is 11.5. The molecular formula is C25H39NO8. The van der Waals surface area contributed by atoms with Crippen LogP contribution in [0.25, 0.3) is 0 Å². The van der Waals surface area contributed by atoms with E-state index >= 15 is 0 Å². The van der Waals surface area contributed by atoms with Crippen LogP contribution in [0.5, 0.6) is 0 Å². The molecule has 1 aromatic rings. The van der Waals surface area contributed by atoms with Crippen LogP contribution in [0, 0.1) is 11.8 Å². The number of hydrogen-bond donors (Lipinski definition) is 1. The molecule has 34 heavy (non-hydrogen) atoms. The van der Waals surface area contributed by atoms with Gasteiger partial charge in [0.05, 0.1) is 58.9 Å². The SMILES string of the molecule is CC1(C)OCC(COCC(COCC2COC(C)(C)OC2)NC(=O)OCc2ccccc2)CO1. The second-order valence-corrected chi connectivity index (χ2v) is 9.75. The molecule has 2 aliphatic heterocycles. The van der Waals surface area contributed by atoms with E-state index < -0.39 is 17.7 Å². The van der Waals surface area contributed by atoms with Crippen molar-refractivity contribution >= 4 is 6.09 Å². The van der Waals surface area contributed by atoms with Crippen molar-refractivity contribution in [2.45, 2.75) is 51.9 Å². The molecule has 3 rings (SSSR count). The van der Waals surface area contributed by atoms with E-state index in [9.17, 15) is 4.79 Å². The second kappa shape index (κ2) is 12.8. The van der Waals surface area contributed by atoms with Crippen LogP contribution in [-0.2, 0) is 39.8 Å². The fraction of sp³-hybridized carbons (Fsp3) is 0.720. The van der Waals surface area contributed by atoms with E-state index in [0.29, 0.717) is 39.6 Å². The second-order valence-electron chi connectivity index (χ2n) is 9.75. The van der Waals surface area contributed by atoms with Crippen LogP contribution in [0.2, 0.25) is 0 Å². The Bertz CT molecular complexity index is 688. The molecule has 0 aromatic heterocycles. The summed E-state index contributed by atoms with van der Waals surface area (Å²) in [5, 5.41) is 2.85. The molecule has 9 nitrogen and oxygen atoms in total. The minimum atomic E-state index is -0.557. The molecule has 2 aliphatic rings. The van der Waals surface area contributed by atoms with Crippen LogP contribution in [0.4, 0.5) is 4.79 Å². The zero-order valence-corrected chi connectivity index (χ0v) is 20.7. The lowest BCUT2D eigenvalue weighted by molar-refractivity contribution is -0.267. The highest BCUT2D eigenvalue weighted by Gasteiger charge is 2.30. The number of nitrogens with one attached hydrogen (secondary N) is 1. The predicted molar refractivity (Wildman–Crippen MR) is 124 cm³/mol. The van der Waals surface area contributed by atoms with Gasteiger partial charge in [0.2, 0.25) is 0 Å². The summed E-state index contributed by atoms with van der Waals surface area (Å²) in [4.78, 5) is 12.4. The molecule has 0 bridgehead atoms. The van der Waals surface area contributed by atoms with Gasteiger partial charge < -0.3 is 38.5 Å².